The summed E-state index contributed by atoms with van der Waals surface area (Å²) in [6, 6.07) is 3.89. The zero-order chi connectivity index (χ0) is 12.6. The van der Waals surface area contributed by atoms with Gasteiger partial charge in [0.15, 0.2) is 15.0 Å². The van der Waals surface area contributed by atoms with Crippen LogP contribution in [0.2, 0.25) is 0 Å². The molecular formula is C9H9N3O3S2. The molecule has 0 bridgehead atoms. The fraction of sp³-hybridized carbons (Fsp3) is 0.111. The van der Waals surface area contributed by atoms with Crippen molar-refractivity contribution < 1.29 is 13.2 Å². The van der Waals surface area contributed by atoms with Crippen molar-refractivity contribution in [1.29, 1.82) is 0 Å². The van der Waals surface area contributed by atoms with Crippen LogP contribution < -0.4 is 11.1 Å². The van der Waals surface area contributed by atoms with E-state index in [0.29, 0.717) is 15.3 Å². The Morgan fingerprint density at radius 3 is 2.76 bits per heavy atom. The number of hydrogen-bond donors (Lipinski definition) is 2. The summed E-state index contributed by atoms with van der Waals surface area (Å²) in [5.41, 5.74) is 5.58. The normalized spacial score (nSPS) is 11.6. The number of thiazole rings is 1. The Hall–Kier alpha value is -1.67. The second kappa shape index (κ2) is 3.97. The van der Waals surface area contributed by atoms with Gasteiger partial charge in [0.1, 0.15) is 0 Å². The van der Waals surface area contributed by atoms with Crippen LogP contribution in [0.1, 0.15) is 0 Å². The number of hydrogen-bond acceptors (Lipinski definition) is 5. The molecule has 0 fully saturated rings. The van der Waals surface area contributed by atoms with Crippen molar-refractivity contribution in [2.24, 2.45) is 5.73 Å². The van der Waals surface area contributed by atoms with Crippen molar-refractivity contribution in [3.63, 3.8) is 0 Å². The molecule has 0 aliphatic rings. The van der Waals surface area contributed by atoms with E-state index in [1.807, 2.05) is 0 Å². The number of aromatic nitrogens is 1. The first kappa shape index (κ1) is 11.8. The second-order valence-electron chi connectivity index (χ2n) is 3.41. The smallest absolute Gasteiger partial charge is 0.318 e. The number of nitrogens with two attached hydrogens (primary N) is 1. The molecule has 2 amide bonds. The van der Waals surface area contributed by atoms with Crippen LogP contribution in [0.4, 0.5) is 9.93 Å². The number of anilines is 1. The van der Waals surface area contributed by atoms with Crippen molar-refractivity contribution in [1.82, 2.24) is 4.98 Å². The number of benzene rings is 1. The Morgan fingerprint density at radius 1 is 1.47 bits per heavy atom. The Balaban J connectivity index is 2.52. The van der Waals surface area contributed by atoms with Gasteiger partial charge in [0.2, 0.25) is 0 Å². The lowest BCUT2D eigenvalue weighted by molar-refractivity contribution is 0.259. The molecule has 3 N–H and O–H groups in total. The molecule has 0 saturated carbocycles. The predicted molar refractivity (Wildman–Crippen MR) is 65.9 cm³/mol. The summed E-state index contributed by atoms with van der Waals surface area (Å²) in [4.78, 5) is 15.0. The zero-order valence-corrected chi connectivity index (χ0v) is 10.4. The molecule has 0 aliphatic heterocycles. The van der Waals surface area contributed by atoms with E-state index in [0.717, 1.165) is 6.26 Å². The van der Waals surface area contributed by atoms with E-state index >= 15 is 0 Å². The molecule has 2 aromatic rings. The number of nitrogens with zero attached hydrogens (tertiary/aromatic N) is 1. The fourth-order valence-electron chi connectivity index (χ4n) is 1.29. The Bertz CT molecular complexity index is 691. The lowest BCUT2D eigenvalue weighted by Gasteiger charge is -1.96. The van der Waals surface area contributed by atoms with E-state index in [-0.39, 0.29) is 4.90 Å². The second-order valence-corrected chi connectivity index (χ2v) is 6.46. The average Bonchev–Trinajstić information content (AvgIpc) is 2.55. The van der Waals surface area contributed by atoms with E-state index in [1.54, 1.807) is 6.07 Å². The maximum atomic E-state index is 11.4. The standard InChI is InChI=1S/C9H9N3O3S2/c1-17(14,15)5-2-3-6-7(4-5)16-9(11-6)12-8(10)13/h2-4H,1H3,(H3,10,11,12,13). The zero-order valence-electron chi connectivity index (χ0n) is 8.80. The summed E-state index contributed by atoms with van der Waals surface area (Å²) < 4.78 is 23.4. The molecule has 2 rings (SSSR count). The molecular weight excluding hydrogens is 262 g/mol. The number of carbonyl (C=O) groups is 1. The Kier molecular flexibility index (Phi) is 2.76. The molecule has 0 unspecified atom stereocenters. The lowest BCUT2D eigenvalue weighted by atomic mass is 10.3. The van der Waals surface area contributed by atoms with Gasteiger partial charge in [0, 0.05) is 6.26 Å². The quantitative estimate of drug-likeness (QED) is 0.856. The highest BCUT2D eigenvalue weighted by atomic mass is 32.2. The number of nitrogens with one attached hydrogen (secondary N) is 1. The highest BCUT2D eigenvalue weighted by molar-refractivity contribution is 7.90. The van der Waals surface area contributed by atoms with E-state index in [1.165, 1.54) is 23.5 Å². The van der Waals surface area contributed by atoms with E-state index in [2.05, 4.69) is 10.3 Å². The average molecular weight is 271 g/mol. The summed E-state index contributed by atoms with van der Waals surface area (Å²) in [7, 11) is -3.24. The van der Waals surface area contributed by atoms with Gasteiger partial charge in [0.25, 0.3) is 0 Å². The minimum Gasteiger partial charge on any atom is -0.351 e. The minimum absolute atomic E-state index is 0.222. The largest absolute Gasteiger partial charge is 0.351 e. The summed E-state index contributed by atoms with van der Waals surface area (Å²) in [5, 5.41) is 2.69. The lowest BCUT2D eigenvalue weighted by Crippen LogP contribution is -2.18. The Labute approximate surface area is 101 Å². The first-order chi connectivity index (χ1) is 7.86. The van der Waals surface area contributed by atoms with E-state index in [9.17, 15) is 13.2 Å². The van der Waals surface area contributed by atoms with Gasteiger partial charge in [-0.3, -0.25) is 5.32 Å². The van der Waals surface area contributed by atoms with Gasteiger partial charge in [-0.05, 0) is 18.2 Å². The van der Waals surface area contributed by atoms with Gasteiger partial charge in [-0.15, -0.1) is 0 Å². The monoisotopic (exact) mass is 271 g/mol. The maximum Gasteiger partial charge on any atom is 0.318 e. The van der Waals surface area contributed by atoms with E-state index in [4.69, 9.17) is 5.73 Å². The highest BCUT2D eigenvalue weighted by Gasteiger charge is 2.11. The van der Waals surface area contributed by atoms with Gasteiger partial charge in [0.05, 0.1) is 15.1 Å². The van der Waals surface area contributed by atoms with Crippen LogP contribution >= 0.6 is 11.3 Å². The van der Waals surface area contributed by atoms with Gasteiger partial charge in [-0.1, -0.05) is 11.3 Å². The van der Waals surface area contributed by atoms with Crippen molar-refractivity contribution >= 4 is 42.6 Å². The van der Waals surface area contributed by atoms with Gasteiger partial charge in [-0.2, -0.15) is 0 Å². The number of sulfone groups is 1. The van der Waals surface area contributed by atoms with Crippen molar-refractivity contribution in [3.05, 3.63) is 18.2 Å². The predicted octanol–water partition coefficient (Wildman–Crippen LogP) is 1.19. The number of amides is 2. The number of fused-ring (bicyclic) bond motifs is 1. The number of primary amides is 1. The summed E-state index contributed by atoms with van der Waals surface area (Å²) in [6.07, 6.45) is 1.14. The summed E-state index contributed by atoms with van der Waals surface area (Å²) >= 11 is 1.17. The summed E-state index contributed by atoms with van der Waals surface area (Å²) in [5.74, 6) is 0. The first-order valence-corrected chi connectivity index (χ1v) is 7.24. The molecule has 0 spiro atoms. The molecule has 1 aromatic heterocycles. The minimum atomic E-state index is -3.24. The molecule has 17 heavy (non-hydrogen) atoms. The van der Waals surface area contributed by atoms with Crippen LogP contribution in [0.5, 0.6) is 0 Å². The third-order valence-corrected chi connectivity index (χ3v) is 4.06. The van der Waals surface area contributed by atoms with E-state index < -0.39 is 15.9 Å². The molecule has 1 aromatic carbocycles. The van der Waals surface area contributed by atoms with Crippen LogP contribution in [0.25, 0.3) is 10.2 Å². The van der Waals surface area contributed by atoms with Crippen LogP contribution in [0.15, 0.2) is 23.1 Å². The number of urea groups is 1. The SMILES string of the molecule is CS(=O)(=O)c1ccc2nc(NC(N)=O)sc2c1. The molecule has 6 nitrogen and oxygen atoms in total. The van der Waals surface area contributed by atoms with Crippen LogP contribution in [0, 0.1) is 0 Å². The van der Waals surface area contributed by atoms with Crippen LogP contribution in [0.3, 0.4) is 0 Å². The third kappa shape index (κ3) is 2.53. The third-order valence-electron chi connectivity index (χ3n) is 2.02. The van der Waals surface area contributed by atoms with Crippen LogP contribution in [-0.4, -0.2) is 25.7 Å². The van der Waals surface area contributed by atoms with Crippen molar-refractivity contribution in [2.45, 2.75) is 4.90 Å². The van der Waals surface area contributed by atoms with Crippen molar-refractivity contribution in [3.8, 4) is 0 Å². The summed E-state index contributed by atoms with van der Waals surface area (Å²) in [6.45, 7) is 0. The molecule has 8 heteroatoms. The molecule has 90 valence electrons. The molecule has 0 saturated heterocycles. The topological polar surface area (TPSA) is 102 Å². The molecule has 0 aliphatic carbocycles. The molecule has 1 heterocycles. The first-order valence-electron chi connectivity index (χ1n) is 4.53. The highest BCUT2D eigenvalue weighted by Crippen LogP contribution is 2.27. The van der Waals surface area contributed by atoms with Crippen molar-refractivity contribution in [2.75, 3.05) is 11.6 Å². The molecule has 0 atom stereocenters. The van der Waals surface area contributed by atoms with Crippen LogP contribution in [-0.2, 0) is 9.84 Å². The molecule has 0 radical (unpaired) electrons. The van der Waals surface area contributed by atoms with Gasteiger partial charge in [-0.25, -0.2) is 18.2 Å². The maximum absolute atomic E-state index is 11.4. The van der Waals surface area contributed by atoms with Gasteiger partial charge >= 0.3 is 6.03 Å². The number of rotatable bonds is 2. The fourth-order valence-corrected chi connectivity index (χ4v) is 2.92. The van der Waals surface area contributed by atoms with Gasteiger partial charge < -0.3 is 5.73 Å². The Morgan fingerprint density at radius 2 is 2.18 bits per heavy atom. The number of carbonyl (C=O) groups excluding carboxylic acids is 1.